The highest BCUT2D eigenvalue weighted by Crippen LogP contribution is 2.45. The van der Waals surface area contributed by atoms with Gasteiger partial charge in [0.05, 0.1) is 13.2 Å². The fourth-order valence-corrected chi connectivity index (χ4v) is 6.22. The Morgan fingerprint density at radius 1 is 0.828 bits per heavy atom. The molecule has 1 aromatic carbocycles. The van der Waals surface area contributed by atoms with Crippen molar-refractivity contribution in [1.82, 2.24) is 4.90 Å². The van der Waals surface area contributed by atoms with Crippen LogP contribution in [0, 0.1) is 5.41 Å². The van der Waals surface area contributed by atoms with Gasteiger partial charge in [-0.1, -0.05) is 43.2 Å². The van der Waals surface area contributed by atoms with Gasteiger partial charge in [0.15, 0.2) is 0 Å². The standard InChI is InChI=1S/C26H37NOS/c1-2-7-23(8-3-1)9-6-10-24-11-12-25(29-24)13-16-26(14-4-5-15-26)17-18-27-19-21-28-22-20-27/h1-3,7-8,11-12H,4-6,9-10,13-22H2. The number of nitrogens with zero attached hydrogens (tertiary/aromatic N) is 1. The van der Waals surface area contributed by atoms with Crippen molar-refractivity contribution in [2.75, 3.05) is 32.8 Å². The molecule has 0 bridgehead atoms. The minimum absolute atomic E-state index is 0.607. The van der Waals surface area contributed by atoms with Crippen molar-refractivity contribution in [3.63, 3.8) is 0 Å². The van der Waals surface area contributed by atoms with Gasteiger partial charge in [0.1, 0.15) is 0 Å². The SMILES string of the molecule is c1ccc(CCCc2ccc(CCC3(CCN4CCOCC4)CCCC3)s2)cc1. The van der Waals surface area contributed by atoms with Crippen LogP contribution >= 0.6 is 11.3 Å². The summed E-state index contributed by atoms with van der Waals surface area (Å²) in [4.78, 5) is 5.81. The molecule has 0 spiro atoms. The molecule has 158 valence electrons. The van der Waals surface area contributed by atoms with Crippen LogP contribution in [0.1, 0.15) is 60.3 Å². The first-order valence-electron chi connectivity index (χ1n) is 11.7. The van der Waals surface area contributed by atoms with Crippen molar-refractivity contribution in [3.8, 4) is 0 Å². The summed E-state index contributed by atoms with van der Waals surface area (Å²) < 4.78 is 5.52. The van der Waals surface area contributed by atoms with Crippen LogP contribution in [-0.2, 0) is 24.0 Å². The molecular formula is C26H37NOS. The number of ether oxygens (including phenoxy) is 1. The lowest BCUT2D eigenvalue weighted by atomic mass is 9.78. The minimum atomic E-state index is 0.607. The molecule has 0 amide bonds. The molecule has 2 nitrogen and oxygen atoms in total. The highest BCUT2D eigenvalue weighted by Gasteiger charge is 2.33. The zero-order valence-electron chi connectivity index (χ0n) is 17.9. The number of hydrogen-bond donors (Lipinski definition) is 0. The molecule has 29 heavy (non-hydrogen) atoms. The average molecular weight is 412 g/mol. The molecule has 2 aliphatic rings. The Morgan fingerprint density at radius 2 is 1.55 bits per heavy atom. The van der Waals surface area contributed by atoms with E-state index in [4.69, 9.17) is 4.74 Å². The van der Waals surface area contributed by atoms with Gasteiger partial charge in [-0.05, 0) is 81.0 Å². The van der Waals surface area contributed by atoms with Crippen molar-refractivity contribution in [3.05, 3.63) is 57.8 Å². The Kier molecular flexibility index (Phi) is 7.81. The van der Waals surface area contributed by atoms with E-state index in [9.17, 15) is 0 Å². The number of benzene rings is 1. The molecule has 1 aromatic heterocycles. The predicted molar refractivity (Wildman–Crippen MR) is 124 cm³/mol. The Morgan fingerprint density at radius 3 is 2.31 bits per heavy atom. The van der Waals surface area contributed by atoms with Crippen LogP contribution < -0.4 is 0 Å². The van der Waals surface area contributed by atoms with E-state index in [1.165, 1.54) is 76.3 Å². The van der Waals surface area contributed by atoms with Crippen molar-refractivity contribution in [2.24, 2.45) is 5.41 Å². The summed E-state index contributed by atoms with van der Waals surface area (Å²) in [7, 11) is 0. The second kappa shape index (κ2) is 10.7. The molecular weight excluding hydrogens is 374 g/mol. The molecule has 2 fully saturated rings. The van der Waals surface area contributed by atoms with Crippen molar-refractivity contribution < 1.29 is 4.74 Å². The molecule has 1 saturated heterocycles. The summed E-state index contributed by atoms with van der Waals surface area (Å²) in [5.41, 5.74) is 2.07. The van der Waals surface area contributed by atoms with E-state index in [2.05, 4.69) is 58.7 Å². The van der Waals surface area contributed by atoms with Crippen LogP contribution in [0.15, 0.2) is 42.5 Å². The Bertz CT molecular complexity index is 713. The Hall–Kier alpha value is -1.16. The second-order valence-corrected chi connectivity index (χ2v) is 10.4. The first-order valence-corrected chi connectivity index (χ1v) is 12.5. The lowest BCUT2D eigenvalue weighted by molar-refractivity contribution is 0.0306. The molecule has 0 radical (unpaired) electrons. The molecule has 0 atom stereocenters. The van der Waals surface area contributed by atoms with Gasteiger partial charge in [-0.15, -0.1) is 11.3 Å². The topological polar surface area (TPSA) is 12.5 Å². The van der Waals surface area contributed by atoms with Gasteiger partial charge in [-0.2, -0.15) is 0 Å². The summed E-state index contributed by atoms with van der Waals surface area (Å²) in [6.45, 7) is 5.39. The van der Waals surface area contributed by atoms with E-state index in [-0.39, 0.29) is 0 Å². The summed E-state index contributed by atoms with van der Waals surface area (Å²) in [5, 5.41) is 0. The maximum atomic E-state index is 5.52. The number of hydrogen-bond acceptors (Lipinski definition) is 3. The molecule has 3 heteroatoms. The number of rotatable bonds is 10. The maximum Gasteiger partial charge on any atom is 0.0594 e. The fraction of sp³-hybridized carbons (Fsp3) is 0.615. The van der Waals surface area contributed by atoms with Crippen LogP contribution in [0.3, 0.4) is 0 Å². The highest BCUT2D eigenvalue weighted by molar-refractivity contribution is 7.11. The zero-order valence-corrected chi connectivity index (χ0v) is 18.7. The molecule has 1 saturated carbocycles. The number of morpholine rings is 1. The second-order valence-electron chi connectivity index (χ2n) is 9.12. The van der Waals surface area contributed by atoms with Gasteiger partial charge >= 0.3 is 0 Å². The molecule has 2 aromatic rings. The predicted octanol–water partition coefficient (Wildman–Crippen LogP) is 6.14. The van der Waals surface area contributed by atoms with Crippen LogP contribution in [0.2, 0.25) is 0 Å². The third-order valence-corrected chi connectivity index (χ3v) is 8.28. The van der Waals surface area contributed by atoms with E-state index >= 15 is 0 Å². The smallest absolute Gasteiger partial charge is 0.0594 e. The summed E-state index contributed by atoms with van der Waals surface area (Å²) >= 11 is 2.07. The minimum Gasteiger partial charge on any atom is -0.379 e. The van der Waals surface area contributed by atoms with Crippen molar-refractivity contribution >= 4 is 11.3 Å². The average Bonchev–Trinajstić information content (AvgIpc) is 3.43. The monoisotopic (exact) mass is 411 g/mol. The van der Waals surface area contributed by atoms with Gasteiger partial charge in [-0.3, -0.25) is 4.90 Å². The number of aryl methyl sites for hydroxylation is 3. The summed E-state index contributed by atoms with van der Waals surface area (Å²) in [5.74, 6) is 0. The normalized spacial score (nSPS) is 19.6. The first-order chi connectivity index (χ1) is 14.3. The van der Waals surface area contributed by atoms with Crippen molar-refractivity contribution in [1.29, 1.82) is 0 Å². The molecule has 0 unspecified atom stereocenters. The van der Waals surface area contributed by atoms with Crippen LogP contribution in [0.5, 0.6) is 0 Å². The Labute approximate surface area is 181 Å². The quantitative estimate of drug-likeness (QED) is 0.466. The van der Waals surface area contributed by atoms with Crippen molar-refractivity contribution in [2.45, 2.75) is 64.2 Å². The molecule has 2 heterocycles. The molecule has 4 rings (SSSR count). The molecule has 1 aliphatic carbocycles. The van der Waals surface area contributed by atoms with Crippen LogP contribution in [0.25, 0.3) is 0 Å². The maximum absolute atomic E-state index is 5.52. The van der Waals surface area contributed by atoms with Gasteiger partial charge in [0, 0.05) is 22.8 Å². The van der Waals surface area contributed by atoms with Gasteiger partial charge < -0.3 is 4.74 Å². The largest absolute Gasteiger partial charge is 0.379 e. The van der Waals surface area contributed by atoms with E-state index in [0.29, 0.717) is 5.41 Å². The van der Waals surface area contributed by atoms with Crippen LogP contribution in [0.4, 0.5) is 0 Å². The van der Waals surface area contributed by atoms with E-state index in [1.54, 1.807) is 9.75 Å². The molecule has 1 aliphatic heterocycles. The number of thiophene rings is 1. The zero-order chi connectivity index (χ0) is 19.8. The highest BCUT2D eigenvalue weighted by atomic mass is 32.1. The summed E-state index contributed by atoms with van der Waals surface area (Å²) in [6.07, 6.45) is 13.5. The third-order valence-electron chi connectivity index (χ3n) is 7.08. The lowest BCUT2D eigenvalue weighted by Gasteiger charge is -2.34. The van der Waals surface area contributed by atoms with E-state index in [0.717, 1.165) is 26.3 Å². The molecule has 0 N–H and O–H groups in total. The first kappa shape index (κ1) is 21.1. The van der Waals surface area contributed by atoms with Gasteiger partial charge in [0.25, 0.3) is 0 Å². The fourth-order valence-electron chi connectivity index (χ4n) is 5.16. The summed E-state index contributed by atoms with van der Waals surface area (Å²) in [6, 6.07) is 15.7. The lowest BCUT2D eigenvalue weighted by Crippen LogP contribution is -2.38. The van der Waals surface area contributed by atoms with E-state index < -0.39 is 0 Å². The van der Waals surface area contributed by atoms with E-state index in [1.807, 2.05) is 0 Å². The van der Waals surface area contributed by atoms with Gasteiger partial charge in [-0.25, -0.2) is 0 Å². The Balaban J connectivity index is 1.22. The van der Waals surface area contributed by atoms with Gasteiger partial charge in [0.2, 0.25) is 0 Å². The van der Waals surface area contributed by atoms with Crippen LogP contribution in [-0.4, -0.2) is 37.7 Å². The third kappa shape index (κ3) is 6.41.